The van der Waals surface area contributed by atoms with Crippen LogP contribution in [-0.2, 0) is 17.8 Å². The summed E-state index contributed by atoms with van der Waals surface area (Å²) in [5.74, 6) is 1.10. The van der Waals surface area contributed by atoms with Crippen LogP contribution in [0.2, 0.25) is 0 Å². The zero-order valence-corrected chi connectivity index (χ0v) is 11.4. The van der Waals surface area contributed by atoms with Gasteiger partial charge in [-0.3, -0.25) is 4.90 Å². The molecule has 2 rings (SSSR count). The molecule has 1 aromatic heterocycles. The van der Waals surface area contributed by atoms with Gasteiger partial charge in [0.05, 0.1) is 18.9 Å². The monoisotopic (exact) mass is 252 g/mol. The smallest absolute Gasteiger partial charge is 0.122 e. The SMILES string of the molecule is CCNCc1ccoc1CN1CCC(OC)CC1. The van der Waals surface area contributed by atoms with E-state index in [0.29, 0.717) is 6.10 Å². The number of piperidine rings is 1. The maximum absolute atomic E-state index is 5.60. The molecule has 0 bridgehead atoms. The minimum absolute atomic E-state index is 0.444. The third kappa shape index (κ3) is 3.57. The molecule has 0 amide bonds. The van der Waals surface area contributed by atoms with Gasteiger partial charge in [-0.2, -0.15) is 0 Å². The normalized spacial score (nSPS) is 18.3. The number of hydrogen-bond donors (Lipinski definition) is 1. The molecule has 18 heavy (non-hydrogen) atoms. The Bertz CT molecular complexity index is 343. The van der Waals surface area contributed by atoms with Crippen molar-refractivity contribution in [2.45, 2.75) is 39.0 Å². The summed E-state index contributed by atoms with van der Waals surface area (Å²) in [5.41, 5.74) is 1.28. The second-order valence-electron chi connectivity index (χ2n) is 4.86. The Morgan fingerprint density at radius 3 is 2.89 bits per heavy atom. The molecule has 0 atom stereocenters. The van der Waals surface area contributed by atoms with Gasteiger partial charge >= 0.3 is 0 Å². The van der Waals surface area contributed by atoms with Crippen LogP contribution < -0.4 is 5.32 Å². The maximum atomic E-state index is 5.60. The van der Waals surface area contributed by atoms with Crippen molar-refractivity contribution in [1.82, 2.24) is 10.2 Å². The van der Waals surface area contributed by atoms with E-state index < -0.39 is 0 Å². The fourth-order valence-corrected chi connectivity index (χ4v) is 2.43. The molecule has 0 saturated carbocycles. The number of nitrogens with zero attached hydrogens (tertiary/aromatic N) is 1. The Kier molecular flexibility index (Phi) is 5.23. The van der Waals surface area contributed by atoms with Gasteiger partial charge in [0, 0.05) is 32.3 Å². The van der Waals surface area contributed by atoms with Crippen molar-refractivity contribution >= 4 is 0 Å². The lowest BCUT2D eigenvalue weighted by molar-refractivity contribution is 0.0369. The molecule has 1 saturated heterocycles. The first-order valence-corrected chi connectivity index (χ1v) is 6.84. The van der Waals surface area contributed by atoms with E-state index in [1.54, 1.807) is 13.4 Å². The van der Waals surface area contributed by atoms with Crippen molar-refractivity contribution in [1.29, 1.82) is 0 Å². The number of furan rings is 1. The van der Waals surface area contributed by atoms with E-state index in [1.807, 2.05) is 0 Å². The fourth-order valence-electron chi connectivity index (χ4n) is 2.43. The number of methoxy groups -OCH3 is 1. The van der Waals surface area contributed by atoms with Crippen molar-refractivity contribution in [3.05, 3.63) is 23.7 Å². The quantitative estimate of drug-likeness (QED) is 0.840. The van der Waals surface area contributed by atoms with Gasteiger partial charge in [-0.1, -0.05) is 6.92 Å². The van der Waals surface area contributed by atoms with Gasteiger partial charge in [0.15, 0.2) is 0 Å². The molecule has 1 aliphatic heterocycles. The largest absolute Gasteiger partial charge is 0.468 e. The van der Waals surface area contributed by atoms with E-state index >= 15 is 0 Å². The van der Waals surface area contributed by atoms with Gasteiger partial charge in [0.25, 0.3) is 0 Å². The molecule has 1 aromatic rings. The molecule has 1 aliphatic rings. The lowest BCUT2D eigenvalue weighted by Crippen LogP contribution is -2.36. The summed E-state index contributed by atoms with van der Waals surface area (Å²) in [6.07, 6.45) is 4.49. The molecular weight excluding hydrogens is 228 g/mol. The molecule has 2 heterocycles. The summed E-state index contributed by atoms with van der Waals surface area (Å²) in [7, 11) is 1.81. The summed E-state index contributed by atoms with van der Waals surface area (Å²) in [6, 6.07) is 2.07. The Hall–Kier alpha value is -0.840. The van der Waals surface area contributed by atoms with Crippen molar-refractivity contribution in [3.63, 3.8) is 0 Å². The van der Waals surface area contributed by atoms with Gasteiger partial charge in [0.1, 0.15) is 5.76 Å². The molecular formula is C14H24N2O2. The molecule has 0 aromatic carbocycles. The predicted molar refractivity (Wildman–Crippen MR) is 71.4 cm³/mol. The second-order valence-corrected chi connectivity index (χ2v) is 4.86. The first kappa shape index (κ1) is 13.6. The second kappa shape index (κ2) is 6.92. The summed E-state index contributed by atoms with van der Waals surface area (Å²) in [4.78, 5) is 2.45. The highest BCUT2D eigenvalue weighted by Gasteiger charge is 2.20. The summed E-state index contributed by atoms with van der Waals surface area (Å²) >= 11 is 0. The number of likely N-dealkylation sites (tertiary alicyclic amines) is 1. The fraction of sp³-hybridized carbons (Fsp3) is 0.714. The first-order valence-electron chi connectivity index (χ1n) is 6.84. The molecule has 102 valence electrons. The van der Waals surface area contributed by atoms with E-state index in [0.717, 1.165) is 51.3 Å². The number of hydrogen-bond acceptors (Lipinski definition) is 4. The van der Waals surface area contributed by atoms with Crippen LogP contribution in [0.25, 0.3) is 0 Å². The highest BCUT2D eigenvalue weighted by atomic mass is 16.5. The zero-order chi connectivity index (χ0) is 12.8. The molecule has 1 N–H and O–H groups in total. The topological polar surface area (TPSA) is 37.6 Å². The van der Waals surface area contributed by atoms with Gasteiger partial charge in [-0.25, -0.2) is 0 Å². The van der Waals surface area contributed by atoms with Crippen LogP contribution in [0.5, 0.6) is 0 Å². The Balaban J connectivity index is 1.84. The minimum atomic E-state index is 0.444. The van der Waals surface area contributed by atoms with Gasteiger partial charge in [0.2, 0.25) is 0 Å². The van der Waals surface area contributed by atoms with Crippen LogP contribution in [0, 0.1) is 0 Å². The van der Waals surface area contributed by atoms with Crippen LogP contribution in [0.3, 0.4) is 0 Å². The first-order chi connectivity index (χ1) is 8.83. The van der Waals surface area contributed by atoms with E-state index in [2.05, 4.69) is 23.2 Å². The minimum Gasteiger partial charge on any atom is -0.468 e. The van der Waals surface area contributed by atoms with Gasteiger partial charge < -0.3 is 14.5 Å². The van der Waals surface area contributed by atoms with Gasteiger partial charge in [-0.05, 0) is 25.5 Å². The maximum Gasteiger partial charge on any atom is 0.122 e. The summed E-state index contributed by atoms with van der Waals surface area (Å²) < 4.78 is 11.0. The molecule has 0 aliphatic carbocycles. The average molecular weight is 252 g/mol. The highest BCUT2D eigenvalue weighted by molar-refractivity contribution is 5.16. The number of nitrogens with one attached hydrogen (secondary N) is 1. The van der Waals surface area contributed by atoms with E-state index in [4.69, 9.17) is 9.15 Å². The highest BCUT2D eigenvalue weighted by Crippen LogP contribution is 2.18. The molecule has 4 heteroatoms. The zero-order valence-electron chi connectivity index (χ0n) is 11.4. The van der Waals surface area contributed by atoms with Crippen LogP contribution >= 0.6 is 0 Å². The van der Waals surface area contributed by atoms with Crippen molar-refractivity contribution in [3.8, 4) is 0 Å². The molecule has 4 nitrogen and oxygen atoms in total. The van der Waals surface area contributed by atoms with Crippen molar-refractivity contribution in [2.24, 2.45) is 0 Å². The lowest BCUT2D eigenvalue weighted by Gasteiger charge is -2.30. The molecule has 1 fully saturated rings. The lowest BCUT2D eigenvalue weighted by atomic mass is 10.1. The molecule has 0 unspecified atom stereocenters. The number of rotatable bonds is 6. The van der Waals surface area contributed by atoms with Crippen LogP contribution in [0.1, 0.15) is 31.1 Å². The van der Waals surface area contributed by atoms with Gasteiger partial charge in [-0.15, -0.1) is 0 Å². The Morgan fingerprint density at radius 1 is 1.44 bits per heavy atom. The summed E-state index contributed by atoms with van der Waals surface area (Å²) in [5, 5.41) is 3.35. The molecule has 0 radical (unpaired) electrons. The van der Waals surface area contributed by atoms with Crippen LogP contribution in [-0.4, -0.2) is 37.7 Å². The summed E-state index contributed by atoms with van der Waals surface area (Å²) in [6.45, 7) is 7.12. The van der Waals surface area contributed by atoms with Crippen molar-refractivity contribution < 1.29 is 9.15 Å². The third-order valence-corrected chi connectivity index (χ3v) is 3.64. The predicted octanol–water partition coefficient (Wildman–Crippen LogP) is 2.00. The number of ether oxygens (including phenoxy) is 1. The van der Waals surface area contributed by atoms with E-state index in [-0.39, 0.29) is 0 Å². The molecule has 0 spiro atoms. The Morgan fingerprint density at radius 2 is 2.22 bits per heavy atom. The third-order valence-electron chi connectivity index (χ3n) is 3.64. The average Bonchev–Trinajstić information content (AvgIpc) is 2.84. The standard InChI is InChI=1S/C14H24N2O2/c1-3-15-10-12-6-9-18-14(12)11-16-7-4-13(17-2)5-8-16/h6,9,13,15H,3-5,7-8,10-11H2,1-2H3. The van der Waals surface area contributed by atoms with Crippen molar-refractivity contribution in [2.75, 3.05) is 26.7 Å². The van der Waals surface area contributed by atoms with Crippen LogP contribution in [0.15, 0.2) is 16.7 Å². The van der Waals surface area contributed by atoms with Crippen LogP contribution in [0.4, 0.5) is 0 Å². The Labute approximate surface area is 109 Å². The van der Waals surface area contributed by atoms with E-state index in [9.17, 15) is 0 Å². The van der Waals surface area contributed by atoms with E-state index in [1.165, 1.54) is 5.56 Å².